The van der Waals surface area contributed by atoms with Gasteiger partial charge >= 0.3 is 0 Å². The third-order valence-corrected chi connectivity index (χ3v) is 5.62. The lowest BCUT2D eigenvalue weighted by atomic mass is 10.0. The summed E-state index contributed by atoms with van der Waals surface area (Å²) >= 11 is 0. The molecule has 0 N–H and O–H groups in total. The number of carbonyl (C=O) groups is 1. The minimum atomic E-state index is 0.180. The molecule has 0 bridgehead atoms. The van der Waals surface area contributed by atoms with Gasteiger partial charge in [-0.15, -0.1) is 0 Å². The molecule has 28 heavy (non-hydrogen) atoms. The van der Waals surface area contributed by atoms with Gasteiger partial charge in [-0.3, -0.25) is 9.69 Å². The van der Waals surface area contributed by atoms with E-state index in [-0.39, 0.29) is 5.91 Å². The van der Waals surface area contributed by atoms with Crippen LogP contribution in [0.15, 0.2) is 42.5 Å². The number of piperazine rings is 1. The summed E-state index contributed by atoms with van der Waals surface area (Å²) in [7, 11) is 3.36. The molecule has 1 atom stereocenters. The van der Waals surface area contributed by atoms with Crippen LogP contribution in [-0.2, 0) is 11.2 Å². The van der Waals surface area contributed by atoms with Gasteiger partial charge in [0, 0.05) is 32.2 Å². The van der Waals surface area contributed by atoms with E-state index in [2.05, 4.69) is 24.0 Å². The zero-order valence-corrected chi connectivity index (χ0v) is 17.3. The van der Waals surface area contributed by atoms with Gasteiger partial charge in [-0.25, -0.2) is 0 Å². The molecule has 0 aliphatic carbocycles. The zero-order valence-electron chi connectivity index (χ0n) is 17.3. The van der Waals surface area contributed by atoms with Crippen LogP contribution in [0.5, 0.6) is 11.5 Å². The van der Waals surface area contributed by atoms with E-state index in [0.29, 0.717) is 12.5 Å². The maximum absolute atomic E-state index is 12.7. The lowest BCUT2D eigenvalue weighted by Gasteiger charge is -2.38. The zero-order chi connectivity index (χ0) is 20.1. The average molecular weight is 383 g/mol. The van der Waals surface area contributed by atoms with Crippen molar-refractivity contribution in [3.05, 3.63) is 59.2 Å². The normalized spacial score (nSPS) is 15.9. The number of carbonyl (C=O) groups excluding carboxylic acids is 1. The average Bonchev–Trinajstić information content (AvgIpc) is 2.74. The standard InChI is InChI=1S/C23H30N2O3/c1-17-8-9-19(14-22(17)28-4)15-23(26)25-12-10-24(11-13-25)18(2)20-6-5-7-21(16-20)27-3/h5-9,14,16,18H,10-13,15H2,1-4H3. The number of hydrogen-bond donors (Lipinski definition) is 0. The Morgan fingerprint density at radius 1 is 1.04 bits per heavy atom. The Bertz CT molecular complexity index is 813. The van der Waals surface area contributed by atoms with Crippen LogP contribution >= 0.6 is 0 Å². The van der Waals surface area contributed by atoms with E-state index in [1.165, 1.54) is 5.56 Å². The molecule has 5 heteroatoms. The van der Waals surface area contributed by atoms with Gasteiger partial charge in [0.05, 0.1) is 20.6 Å². The van der Waals surface area contributed by atoms with Crippen molar-refractivity contribution >= 4 is 5.91 Å². The van der Waals surface area contributed by atoms with Gasteiger partial charge in [0.25, 0.3) is 0 Å². The van der Waals surface area contributed by atoms with Crippen LogP contribution in [-0.4, -0.2) is 56.1 Å². The first-order chi connectivity index (χ1) is 13.5. The SMILES string of the molecule is COc1cccc(C(C)N2CCN(C(=O)Cc3ccc(C)c(OC)c3)CC2)c1. The lowest BCUT2D eigenvalue weighted by Crippen LogP contribution is -2.49. The fourth-order valence-corrected chi connectivity index (χ4v) is 3.73. The predicted molar refractivity (Wildman–Crippen MR) is 111 cm³/mol. The summed E-state index contributed by atoms with van der Waals surface area (Å²) in [6, 6.07) is 14.5. The topological polar surface area (TPSA) is 42.0 Å². The molecule has 2 aromatic rings. The summed E-state index contributed by atoms with van der Waals surface area (Å²) in [6.45, 7) is 7.49. The van der Waals surface area contributed by atoms with Crippen LogP contribution in [0.1, 0.15) is 29.7 Å². The van der Waals surface area contributed by atoms with Gasteiger partial charge in [0.1, 0.15) is 11.5 Å². The number of amides is 1. The number of nitrogens with zero attached hydrogens (tertiary/aromatic N) is 2. The molecule has 0 saturated carbocycles. The number of aryl methyl sites for hydroxylation is 1. The molecule has 5 nitrogen and oxygen atoms in total. The highest BCUT2D eigenvalue weighted by atomic mass is 16.5. The van der Waals surface area contributed by atoms with E-state index in [1.54, 1.807) is 14.2 Å². The van der Waals surface area contributed by atoms with Gasteiger partial charge in [-0.1, -0.05) is 24.3 Å². The molecule has 1 unspecified atom stereocenters. The highest BCUT2D eigenvalue weighted by Crippen LogP contribution is 2.25. The van der Waals surface area contributed by atoms with Gasteiger partial charge in [-0.2, -0.15) is 0 Å². The third kappa shape index (κ3) is 4.65. The van der Waals surface area contributed by atoms with Crippen LogP contribution in [0.25, 0.3) is 0 Å². The van der Waals surface area contributed by atoms with E-state index in [4.69, 9.17) is 9.47 Å². The minimum Gasteiger partial charge on any atom is -0.497 e. The Labute approximate surface area is 167 Å². The quantitative estimate of drug-likeness (QED) is 0.767. The number of methoxy groups -OCH3 is 2. The summed E-state index contributed by atoms with van der Waals surface area (Å²) in [5, 5.41) is 0. The molecule has 1 saturated heterocycles. The Morgan fingerprint density at radius 3 is 2.46 bits per heavy atom. The summed E-state index contributed by atoms with van der Waals surface area (Å²) in [5.41, 5.74) is 3.32. The van der Waals surface area contributed by atoms with E-state index in [9.17, 15) is 4.79 Å². The molecule has 1 heterocycles. The fraction of sp³-hybridized carbons (Fsp3) is 0.435. The second kappa shape index (κ2) is 9.11. The van der Waals surface area contributed by atoms with Crippen LogP contribution in [0.2, 0.25) is 0 Å². The summed E-state index contributed by atoms with van der Waals surface area (Å²) in [6.07, 6.45) is 0.419. The first kappa shape index (κ1) is 20.2. The largest absolute Gasteiger partial charge is 0.497 e. The molecule has 1 amide bonds. The lowest BCUT2D eigenvalue weighted by molar-refractivity contribution is -0.132. The second-order valence-corrected chi connectivity index (χ2v) is 7.35. The van der Waals surface area contributed by atoms with E-state index in [1.807, 2.05) is 42.2 Å². The molecule has 0 aromatic heterocycles. The highest BCUT2D eigenvalue weighted by molar-refractivity contribution is 5.79. The Balaban J connectivity index is 1.56. The Morgan fingerprint density at radius 2 is 1.79 bits per heavy atom. The Kier molecular flexibility index (Phi) is 6.57. The van der Waals surface area contributed by atoms with Crippen molar-refractivity contribution in [3.63, 3.8) is 0 Å². The molecular formula is C23H30N2O3. The van der Waals surface area contributed by atoms with Crippen molar-refractivity contribution in [2.24, 2.45) is 0 Å². The monoisotopic (exact) mass is 382 g/mol. The fourth-order valence-electron chi connectivity index (χ4n) is 3.73. The van der Waals surface area contributed by atoms with Crippen molar-refractivity contribution in [2.45, 2.75) is 26.3 Å². The molecule has 2 aromatic carbocycles. The van der Waals surface area contributed by atoms with E-state index >= 15 is 0 Å². The van der Waals surface area contributed by atoms with Crippen molar-refractivity contribution in [1.29, 1.82) is 0 Å². The smallest absolute Gasteiger partial charge is 0.227 e. The van der Waals surface area contributed by atoms with Crippen LogP contribution in [0, 0.1) is 6.92 Å². The predicted octanol–water partition coefficient (Wildman–Crippen LogP) is 3.46. The molecule has 1 aliphatic rings. The van der Waals surface area contributed by atoms with Crippen LogP contribution in [0.4, 0.5) is 0 Å². The third-order valence-electron chi connectivity index (χ3n) is 5.62. The number of rotatable bonds is 6. The molecule has 0 radical (unpaired) electrons. The summed E-state index contributed by atoms with van der Waals surface area (Å²) < 4.78 is 10.7. The number of benzene rings is 2. The molecular weight excluding hydrogens is 352 g/mol. The summed E-state index contributed by atoms with van der Waals surface area (Å²) in [5.74, 6) is 1.90. The molecule has 0 spiro atoms. The van der Waals surface area contributed by atoms with Gasteiger partial charge in [0.15, 0.2) is 0 Å². The number of hydrogen-bond acceptors (Lipinski definition) is 4. The molecule has 3 rings (SSSR count). The minimum absolute atomic E-state index is 0.180. The van der Waals surface area contributed by atoms with Gasteiger partial charge in [-0.05, 0) is 48.7 Å². The summed E-state index contributed by atoms with van der Waals surface area (Å²) in [4.78, 5) is 17.1. The highest BCUT2D eigenvalue weighted by Gasteiger charge is 2.25. The first-order valence-corrected chi connectivity index (χ1v) is 9.81. The first-order valence-electron chi connectivity index (χ1n) is 9.81. The maximum atomic E-state index is 12.7. The van der Waals surface area contributed by atoms with Crippen LogP contribution < -0.4 is 9.47 Å². The van der Waals surface area contributed by atoms with Crippen LogP contribution in [0.3, 0.4) is 0 Å². The van der Waals surface area contributed by atoms with Gasteiger partial charge < -0.3 is 14.4 Å². The van der Waals surface area contributed by atoms with Crippen molar-refractivity contribution in [2.75, 3.05) is 40.4 Å². The second-order valence-electron chi connectivity index (χ2n) is 7.35. The van der Waals surface area contributed by atoms with Crippen molar-refractivity contribution in [1.82, 2.24) is 9.80 Å². The molecule has 1 fully saturated rings. The number of ether oxygens (including phenoxy) is 2. The van der Waals surface area contributed by atoms with E-state index in [0.717, 1.165) is 48.8 Å². The van der Waals surface area contributed by atoms with Crippen molar-refractivity contribution in [3.8, 4) is 11.5 Å². The van der Waals surface area contributed by atoms with E-state index < -0.39 is 0 Å². The maximum Gasteiger partial charge on any atom is 0.227 e. The molecule has 1 aliphatic heterocycles. The van der Waals surface area contributed by atoms with Gasteiger partial charge in [0.2, 0.25) is 5.91 Å². The van der Waals surface area contributed by atoms with Crippen molar-refractivity contribution < 1.29 is 14.3 Å². The molecule has 150 valence electrons. The Hall–Kier alpha value is -2.53.